The van der Waals surface area contributed by atoms with Gasteiger partial charge in [-0.1, -0.05) is 77.0 Å². The number of unbranched alkanes of at least 4 members (excludes halogenated alkanes) is 8. The Morgan fingerprint density at radius 1 is 0.815 bits per heavy atom. The third-order valence-electron chi connectivity index (χ3n) is 4.98. The first-order valence-corrected chi connectivity index (χ1v) is 13.5. The molecule has 0 saturated carbocycles. The maximum Gasteiger partial charge on any atom is 0.153 e. The summed E-state index contributed by atoms with van der Waals surface area (Å²) < 4.78 is 1.12. The van der Waals surface area contributed by atoms with E-state index < -0.39 is 5.41 Å². The third kappa shape index (κ3) is 11.9. The number of alkyl halides is 3. The largest absolute Gasteiger partial charge is 0.302 e. The molecule has 6 heteroatoms. The summed E-state index contributed by atoms with van der Waals surface area (Å²) in [6.07, 6.45) is 11.9. The molecule has 3 nitrogen and oxygen atoms in total. The Balaban J connectivity index is 4.80. The van der Waals surface area contributed by atoms with E-state index in [0.717, 1.165) is 74.0 Å². The van der Waals surface area contributed by atoms with Gasteiger partial charge >= 0.3 is 0 Å². The van der Waals surface area contributed by atoms with Crippen LogP contribution in [0.3, 0.4) is 0 Å². The Morgan fingerprint density at radius 3 is 1.81 bits per heavy atom. The van der Waals surface area contributed by atoms with Crippen molar-refractivity contribution in [2.75, 3.05) is 15.6 Å². The molecular formula is C21H35BrClIO3. The molecule has 27 heavy (non-hydrogen) atoms. The van der Waals surface area contributed by atoms with Crippen LogP contribution in [0, 0.1) is 5.41 Å². The van der Waals surface area contributed by atoms with Crippen molar-refractivity contribution in [2.24, 2.45) is 5.41 Å². The number of carbonyl (C=O) groups is 3. The van der Waals surface area contributed by atoms with E-state index >= 15 is 0 Å². The average Bonchev–Trinajstić information content (AvgIpc) is 2.67. The van der Waals surface area contributed by atoms with Crippen LogP contribution in [0.25, 0.3) is 0 Å². The highest BCUT2D eigenvalue weighted by atomic mass is 127. The first-order chi connectivity index (χ1) is 13.1. The number of hydrogen-bond donors (Lipinski definition) is 0. The molecule has 1 unspecified atom stereocenters. The van der Waals surface area contributed by atoms with Crippen LogP contribution >= 0.6 is 50.1 Å². The van der Waals surface area contributed by atoms with Gasteiger partial charge in [-0.05, 0) is 43.0 Å². The van der Waals surface area contributed by atoms with Gasteiger partial charge in [-0.3, -0.25) is 9.59 Å². The molecule has 0 amide bonds. The summed E-state index contributed by atoms with van der Waals surface area (Å²) in [5.41, 5.74) is -1.41. The molecule has 0 saturated heterocycles. The lowest BCUT2D eigenvalue weighted by Gasteiger charge is -2.25. The zero-order valence-electron chi connectivity index (χ0n) is 16.5. The zero-order valence-corrected chi connectivity index (χ0v) is 21.0. The Hall–Kier alpha value is 0.510. The molecule has 0 spiro atoms. The maximum atomic E-state index is 12.9. The van der Waals surface area contributed by atoms with Crippen LogP contribution < -0.4 is 0 Å². The van der Waals surface area contributed by atoms with E-state index in [-0.39, 0.29) is 11.6 Å². The van der Waals surface area contributed by atoms with Crippen molar-refractivity contribution in [3.8, 4) is 0 Å². The van der Waals surface area contributed by atoms with Gasteiger partial charge in [0.15, 0.2) is 11.6 Å². The number of carbonyl (C=O) groups excluding carboxylic acids is 3. The molecule has 0 aromatic rings. The van der Waals surface area contributed by atoms with Gasteiger partial charge in [0.2, 0.25) is 0 Å². The number of aldehydes is 1. The second-order valence-corrected chi connectivity index (χ2v) is 9.39. The van der Waals surface area contributed by atoms with Gasteiger partial charge in [-0.25, -0.2) is 0 Å². The number of halogens is 3. The Bertz CT molecular complexity index is 392. The molecule has 0 aromatic carbocycles. The number of rotatable bonds is 20. The van der Waals surface area contributed by atoms with Gasteiger partial charge in [-0.2, -0.15) is 0 Å². The highest BCUT2D eigenvalue weighted by molar-refractivity contribution is 14.1. The molecule has 0 aliphatic heterocycles. The SMILES string of the molecule is O=CC(CCCCCCl)(C(=O)CCCCCCBr)C(=O)CCCCCCI. The summed E-state index contributed by atoms with van der Waals surface area (Å²) in [5.74, 6) is 0.239. The summed E-state index contributed by atoms with van der Waals surface area (Å²) >= 11 is 11.5. The predicted molar refractivity (Wildman–Crippen MR) is 127 cm³/mol. The summed E-state index contributed by atoms with van der Waals surface area (Å²) in [7, 11) is 0. The molecular weight excluding hydrogens is 542 g/mol. The summed E-state index contributed by atoms with van der Waals surface area (Å²) in [5, 5.41) is 0.968. The Labute approximate surface area is 192 Å². The predicted octanol–water partition coefficient (Wildman–Crippen LogP) is 6.84. The molecule has 0 rings (SSSR count). The lowest BCUT2D eigenvalue weighted by Crippen LogP contribution is -2.41. The fourth-order valence-electron chi connectivity index (χ4n) is 3.21. The molecule has 0 fully saturated rings. The molecule has 0 aliphatic carbocycles. The van der Waals surface area contributed by atoms with Crippen molar-refractivity contribution in [2.45, 2.75) is 89.9 Å². The summed E-state index contributed by atoms with van der Waals surface area (Å²) in [6, 6.07) is 0. The topological polar surface area (TPSA) is 51.2 Å². The van der Waals surface area contributed by atoms with E-state index in [1.165, 1.54) is 0 Å². The van der Waals surface area contributed by atoms with Gasteiger partial charge in [0.05, 0.1) is 0 Å². The molecule has 158 valence electrons. The van der Waals surface area contributed by atoms with Gasteiger partial charge in [0.25, 0.3) is 0 Å². The molecule has 0 aromatic heterocycles. The molecule has 1 atom stereocenters. The van der Waals surface area contributed by atoms with Crippen molar-refractivity contribution in [1.82, 2.24) is 0 Å². The van der Waals surface area contributed by atoms with Crippen molar-refractivity contribution < 1.29 is 14.4 Å². The third-order valence-corrected chi connectivity index (χ3v) is 6.57. The summed E-state index contributed by atoms with van der Waals surface area (Å²) in [4.78, 5) is 37.7. The molecule has 0 bridgehead atoms. The fourth-order valence-corrected chi connectivity index (χ4v) is 4.34. The van der Waals surface area contributed by atoms with Crippen molar-refractivity contribution >= 4 is 68.0 Å². The minimum Gasteiger partial charge on any atom is -0.302 e. The van der Waals surface area contributed by atoms with Gasteiger partial charge in [0.1, 0.15) is 11.7 Å². The van der Waals surface area contributed by atoms with Crippen LogP contribution in [0.4, 0.5) is 0 Å². The van der Waals surface area contributed by atoms with E-state index in [0.29, 0.717) is 37.8 Å². The van der Waals surface area contributed by atoms with Crippen LogP contribution in [-0.4, -0.2) is 33.5 Å². The van der Waals surface area contributed by atoms with E-state index in [1.807, 2.05) is 0 Å². The summed E-state index contributed by atoms with van der Waals surface area (Å²) in [6.45, 7) is 0. The van der Waals surface area contributed by atoms with E-state index in [1.54, 1.807) is 0 Å². The number of ketones is 2. The van der Waals surface area contributed by atoms with Crippen LogP contribution in [0.2, 0.25) is 0 Å². The second kappa shape index (κ2) is 18.5. The Kier molecular flexibility index (Phi) is 18.9. The first-order valence-electron chi connectivity index (χ1n) is 10.3. The van der Waals surface area contributed by atoms with Crippen LogP contribution in [0.15, 0.2) is 0 Å². The highest BCUT2D eigenvalue weighted by Gasteiger charge is 2.43. The smallest absolute Gasteiger partial charge is 0.153 e. The van der Waals surface area contributed by atoms with Crippen LogP contribution in [0.5, 0.6) is 0 Å². The standard InChI is InChI=1S/C21H35BrClIO3/c22-15-9-3-1-6-12-19(26)21(18-25,14-8-5-10-16-23)20(27)13-7-2-4-11-17-24/h18H,1-17H2. The van der Waals surface area contributed by atoms with E-state index in [2.05, 4.69) is 38.5 Å². The lowest BCUT2D eigenvalue weighted by molar-refractivity contribution is -0.145. The molecule has 0 heterocycles. The first kappa shape index (κ1) is 27.5. The monoisotopic (exact) mass is 576 g/mol. The number of Topliss-reactive ketones (excluding diaryl/α,β-unsaturated/α-hetero) is 2. The molecule has 0 radical (unpaired) electrons. The minimum absolute atomic E-state index is 0.164. The maximum absolute atomic E-state index is 12.9. The van der Waals surface area contributed by atoms with Gasteiger partial charge in [0, 0.05) is 24.1 Å². The lowest BCUT2D eigenvalue weighted by atomic mass is 9.73. The van der Waals surface area contributed by atoms with Crippen molar-refractivity contribution in [1.29, 1.82) is 0 Å². The average molecular weight is 578 g/mol. The van der Waals surface area contributed by atoms with Crippen molar-refractivity contribution in [3.63, 3.8) is 0 Å². The zero-order chi connectivity index (χ0) is 20.4. The Morgan fingerprint density at radius 2 is 1.33 bits per heavy atom. The van der Waals surface area contributed by atoms with E-state index in [9.17, 15) is 14.4 Å². The molecule has 0 aliphatic rings. The van der Waals surface area contributed by atoms with E-state index in [4.69, 9.17) is 11.6 Å². The van der Waals surface area contributed by atoms with Gasteiger partial charge in [-0.15, -0.1) is 11.6 Å². The quantitative estimate of drug-likeness (QED) is 0.0524. The fraction of sp³-hybridized carbons (Fsp3) is 0.857. The second-order valence-electron chi connectivity index (χ2n) is 7.14. The number of hydrogen-bond acceptors (Lipinski definition) is 3. The normalized spacial score (nSPS) is 13.3. The molecule has 0 N–H and O–H groups in total. The van der Waals surface area contributed by atoms with Crippen molar-refractivity contribution in [3.05, 3.63) is 0 Å². The van der Waals surface area contributed by atoms with Gasteiger partial charge < -0.3 is 4.79 Å². The van der Waals surface area contributed by atoms with Crippen LogP contribution in [-0.2, 0) is 14.4 Å². The highest BCUT2D eigenvalue weighted by Crippen LogP contribution is 2.30. The van der Waals surface area contributed by atoms with Crippen LogP contribution in [0.1, 0.15) is 89.9 Å². The minimum atomic E-state index is -1.41.